The maximum atomic E-state index is 15.3. The predicted molar refractivity (Wildman–Crippen MR) is 139 cm³/mol. The van der Waals surface area contributed by atoms with E-state index in [1.807, 2.05) is 6.20 Å². The van der Waals surface area contributed by atoms with Crippen LogP contribution < -0.4 is 5.32 Å². The standard InChI is InChI=1S/C26H34FN5O4S/c1-2-3-10-28-26-29-16-21-22(17-32(25(21)30-26)19-5-7-20(33)8-6-19)18-4-9-24(23(27)15-18)37(34,35)31-11-13-36-14-12-31/h4,9,15-17,19-20,33H,2-3,5-8,10-14H2,1H3,(H,28,29,30)/t19-,20-. The molecule has 2 fully saturated rings. The zero-order valence-corrected chi connectivity index (χ0v) is 21.9. The molecule has 1 saturated heterocycles. The van der Waals surface area contributed by atoms with E-state index >= 15 is 4.39 Å². The zero-order chi connectivity index (χ0) is 26.0. The Balaban J connectivity index is 1.53. The fourth-order valence-corrected chi connectivity index (χ4v) is 6.59. The number of hydrogen-bond donors (Lipinski definition) is 2. The summed E-state index contributed by atoms with van der Waals surface area (Å²) in [6.07, 6.45) is 8.56. The number of aliphatic hydroxyl groups excluding tert-OH is 1. The number of morpholine rings is 1. The van der Waals surface area contributed by atoms with Gasteiger partial charge in [0.15, 0.2) is 0 Å². The van der Waals surface area contributed by atoms with Crippen molar-refractivity contribution in [2.24, 2.45) is 0 Å². The molecule has 1 saturated carbocycles. The van der Waals surface area contributed by atoms with Gasteiger partial charge in [0.2, 0.25) is 16.0 Å². The molecule has 5 rings (SSSR count). The van der Waals surface area contributed by atoms with Gasteiger partial charge in [0.1, 0.15) is 16.4 Å². The highest BCUT2D eigenvalue weighted by molar-refractivity contribution is 7.89. The summed E-state index contributed by atoms with van der Waals surface area (Å²) in [7, 11) is -3.95. The Bertz CT molecular complexity index is 1350. The van der Waals surface area contributed by atoms with Gasteiger partial charge in [-0.05, 0) is 49.8 Å². The second-order valence-corrected chi connectivity index (χ2v) is 11.7. The molecule has 1 aliphatic heterocycles. The summed E-state index contributed by atoms with van der Waals surface area (Å²) >= 11 is 0. The van der Waals surface area contributed by atoms with Gasteiger partial charge in [0.05, 0.1) is 19.3 Å². The Hall–Kier alpha value is -2.60. The van der Waals surface area contributed by atoms with E-state index in [9.17, 15) is 13.5 Å². The summed E-state index contributed by atoms with van der Waals surface area (Å²) in [4.78, 5) is 8.96. The van der Waals surface area contributed by atoms with E-state index in [-0.39, 0.29) is 30.1 Å². The van der Waals surface area contributed by atoms with Crippen LogP contribution in [0, 0.1) is 5.82 Å². The Morgan fingerprint density at radius 2 is 1.95 bits per heavy atom. The Morgan fingerprint density at radius 1 is 1.19 bits per heavy atom. The summed E-state index contributed by atoms with van der Waals surface area (Å²) in [6, 6.07) is 4.43. The van der Waals surface area contributed by atoms with Crippen molar-refractivity contribution in [2.45, 2.75) is 62.5 Å². The zero-order valence-electron chi connectivity index (χ0n) is 21.1. The number of sulfonamides is 1. The monoisotopic (exact) mass is 531 g/mol. The maximum absolute atomic E-state index is 15.3. The fourth-order valence-electron chi connectivity index (χ4n) is 5.14. The summed E-state index contributed by atoms with van der Waals surface area (Å²) < 4.78 is 50.0. The van der Waals surface area contributed by atoms with E-state index in [1.54, 1.807) is 12.3 Å². The van der Waals surface area contributed by atoms with Crippen LogP contribution in [0.3, 0.4) is 0 Å². The number of aliphatic hydroxyl groups is 1. The second-order valence-electron chi connectivity index (χ2n) is 9.79. The SMILES string of the molecule is CCCCNc1ncc2c(-c3ccc(S(=O)(=O)N4CCOCC4)c(F)c3)cn([C@H]3CC[C@H](O)CC3)c2n1. The third-order valence-electron chi connectivity index (χ3n) is 7.28. The van der Waals surface area contributed by atoms with Crippen LogP contribution >= 0.6 is 0 Å². The third kappa shape index (κ3) is 5.36. The molecule has 0 spiro atoms. The average Bonchev–Trinajstić information content (AvgIpc) is 3.28. The molecule has 1 aromatic carbocycles. The van der Waals surface area contributed by atoms with Crippen molar-refractivity contribution < 1.29 is 22.7 Å². The van der Waals surface area contributed by atoms with E-state index in [4.69, 9.17) is 9.72 Å². The van der Waals surface area contributed by atoms with Gasteiger partial charge in [0, 0.05) is 49.0 Å². The van der Waals surface area contributed by atoms with Crippen molar-refractivity contribution in [1.82, 2.24) is 18.8 Å². The molecule has 1 aliphatic carbocycles. The number of nitrogens with one attached hydrogen (secondary N) is 1. The van der Waals surface area contributed by atoms with Crippen LogP contribution in [0.4, 0.5) is 10.3 Å². The molecule has 11 heteroatoms. The van der Waals surface area contributed by atoms with Gasteiger partial charge in [-0.2, -0.15) is 9.29 Å². The molecule has 0 bridgehead atoms. The van der Waals surface area contributed by atoms with Gasteiger partial charge in [-0.3, -0.25) is 0 Å². The number of rotatable bonds is 8. The van der Waals surface area contributed by atoms with Crippen molar-refractivity contribution >= 4 is 27.0 Å². The minimum Gasteiger partial charge on any atom is -0.393 e. The van der Waals surface area contributed by atoms with Crippen molar-refractivity contribution in [3.63, 3.8) is 0 Å². The molecular formula is C26H34FN5O4S. The number of benzene rings is 1. The largest absolute Gasteiger partial charge is 0.393 e. The molecule has 3 aromatic rings. The van der Waals surface area contributed by atoms with Crippen LogP contribution in [-0.4, -0.2) is 71.3 Å². The number of ether oxygens (including phenoxy) is 1. The Morgan fingerprint density at radius 3 is 2.65 bits per heavy atom. The lowest BCUT2D eigenvalue weighted by atomic mass is 9.93. The number of hydrogen-bond acceptors (Lipinski definition) is 7. The number of nitrogens with zero attached hydrogens (tertiary/aromatic N) is 4. The van der Waals surface area contributed by atoms with E-state index in [0.717, 1.165) is 61.7 Å². The quantitative estimate of drug-likeness (QED) is 0.424. The second kappa shape index (κ2) is 11.0. The van der Waals surface area contributed by atoms with Crippen LogP contribution in [0.15, 0.2) is 35.5 Å². The van der Waals surface area contributed by atoms with Crippen molar-refractivity contribution in [1.29, 1.82) is 0 Å². The molecule has 0 radical (unpaired) electrons. The number of halogens is 1. The van der Waals surface area contributed by atoms with Crippen LogP contribution in [0.1, 0.15) is 51.5 Å². The van der Waals surface area contributed by atoms with Crippen LogP contribution in [-0.2, 0) is 14.8 Å². The van der Waals surface area contributed by atoms with Gasteiger partial charge in [-0.1, -0.05) is 19.4 Å². The summed E-state index contributed by atoms with van der Waals surface area (Å²) in [5, 5.41) is 14.1. The Labute approximate surface area is 216 Å². The van der Waals surface area contributed by atoms with Crippen LogP contribution in [0.25, 0.3) is 22.2 Å². The van der Waals surface area contributed by atoms with E-state index < -0.39 is 15.8 Å². The van der Waals surface area contributed by atoms with E-state index in [0.29, 0.717) is 24.7 Å². The summed E-state index contributed by atoms with van der Waals surface area (Å²) in [5.41, 5.74) is 2.06. The van der Waals surface area contributed by atoms with Crippen molar-refractivity contribution in [3.05, 3.63) is 36.4 Å². The van der Waals surface area contributed by atoms with Gasteiger partial charge in [0.25, 0.3) is 0 Å². The van der Waals surface area contributed by atoms with Gasteiger partial charge in [-0.25, -0.2) is 17.8 Å². The molecule has 2 N–H and O–H groups in total. The summed E-state index contributed by atoms with van der Waals surface area (Å²) in [5.74, 6) is -0.245. The average molecular weight is 532 g/mol. The first kappa shape index (κ1) is 26.0. The Kier molecular flexibility index (Phi) is 7.75. The molecule has 2 aromatic heterocycles. The number of fused-ring (bicyclic) bond motifs is 1. The molecule has 3 heterocycles. The molecule has 0 amide bonds. The first-order valence-corrected chi connectivity index (χ1v) is 14.5. The fraction of sp³-hybridized carbons (Fsp3) is 0.538. The minimum atomic E-state index is -3.95. The summed E-state index contributed by atoms with van der Waals surface area (Å²) in [6.45, 7) is 3.91. The topological polar surface area (TPSA) is 110 Å². The molecule has 9 nitrogen and oxygen atoms in total. The molecule has 200 valence electrons. The highest BCUT2D eigenvalue weighted by Crippen LogP contribution is 2.37. The van der Waals surface area contributed by atoms with E-state index in [2.05, 4.69) is 21.8 Å². The number of aromatic nitrogens is 3. The first-order chi connectivity index (χ1) is 17.9. The molecular weight excluding hydrogens is 497 g/mol. The molecule has 37 heavy (non-hydrogen) atoms. The van der Waals surface area contributed by atoms with Crippen molar-refractivity contribution in [3.8, 4) is 11.1 Å². The molecule has 0 atom stereocenters. The van der Waals surface area contributed by atoms with Gasteiger partial charge >= 0.3 is 0 Å². The number of anilines is 1. The highest BCUT2D eigenvalue weighted by atomic mass is 32.2. The van der Waals surface area contributed by atoms with Crippen molar-refractivity contribution in [2.75, 3.05) is 38.2 Å². The first-order valence-electron chi connectivity index (χ1n) is 13.1. The minimum absolute atomic E-state index is 0.156. The third-order valence-corrected chi connectivity index (χ3v) is 9.21. The highest BCUT2D eigenvalue weighted by Gasteiger charge is 2.30. The smallest absolute Gasteiger partial charge is 0.246 e. The van der Waals surface area contributed by atoms with Gasteiger partial charge < -0.3 is 19.7 Å². The maximum Gasteiger partial charge on any atom is 0.246 e. The lowest BCUT2D eigenvalue weighted by molar-refractivity contribution is 0.0729. The number of unbranched alkanes of at least 4 members (excludes halogenated alkanes) is 1. The van der Waals surface area contributed by atoms with Gasteiger partial charge in [-0.15, -0.1) is 0 Å². The normalized spacial score (nSPS) is 21.4. The molecule has 0 unspecified atom stereocenters. The predicted octanol–water partition coefficient (Wildman–Crippen LogP) is 3.95. The lowest BCUT2D eigenvalue weighted by Crippen LogP contribution is -2.40. The lowest BCUT2D eigenvalue weighted by Gasteiger charge is -2.27. The molecule has 2 aliphatic rings. The van der Waals surface area contributed by atoms with Crippen LogP contribution in [0.2, 0.25) is 0 Å². The van der Waals surface area contributed by atoms with E-state index in [1.165, 1.54) is 16.4 Å². The van der Waals surface area contributed by atoms with Crippen LogP contribution in [0.5, 0.6) is 0 Å².